The zero-order chi connectivity index (χ0) is 24.5. The minimum Gasteiger partial charge on any atom is -0.295 e. The number of unbranched alkanes of at least 4 members (excludes halogenated alkanes) is 1. The largest absolute Gasteiger partial charge is 0.295 e. The first-order valence-electron chi connectivity index (χ1n) is 12.8. The van der Waals surface area contributed by atoms with E-state index in [-0.39, 0.29) is 17.7 Å². The van der Waals surface area contributed by atoms with Crippen LogP contribution in [0.15, 0.2) is 89.9 Å². The number of rotatable bonds is 8. The molecule has 4 rings (SSSR count). The maximum atomic E-state index is 14.4. The summed E-state index contributed by atoms with van der Waals surface area (Å²) in [5.74, 6) is -0.298. The van der Waals surface area contributed by atoms with E-state index in [1.54, 1.807) is 11.1 Å². The molecule has 0 bridgehead atoms. The van der Waals surface area contributed by atoms with E-state index in [1.165, 1.54) is 6.42 Å². The number of carbonyl (C=O) groups excluding carboxylic acids is 2. The molecule has 2 amide bonds. The minimum atomic E-state index is -0.623. The van der Waals surface area contributed by atoms with Crippen LogP contribution in [0.5, 0.6) is 0 Å². The molecule has 4 heteroatoms. The molecule has 1 aliphatic rings. The number of para-hydroxylation sites is 1. The Morgan fingerprint density at radius 2 is 1.51 bits per heavy atom. The molecule has 0 aromatic heterocycles. The molecule has 180 valence electrons. The van der Waals surface area contributed by atoms with Crippen molar-refractivity contribution in [1.29, 1.82) is 0 Å². The molecule has 1 aliphatic carbocycles. The van der Waals surface area contributed by atoms with E-state index in [0.29, 0.717) is 5.56 Å². The van der Waals surface area contributed by atoms with Gasteiger partial charge in [0, 0.05) is 17.5 Å². The van der Waals surface area contributed by atoms with Crippen LogP contribution >= 0.6 is 0 Å². The average molecular weight is 467 g/mol. The van der Waals surface area contributed by atoms with Crippen LogP contribution < -0.4 is 4.90 Å². The van der Waals surface area contributed by atoms with E-state index in [2.05, 4.69) is 11.9 Å². The molecule has 35 heavy (non-hydrogen) atoms. The van der Waals surface area contributed by atoms with Crippen LogP contribution in [0.25, 0.3) is 11.1 Å². The summed E-state index contributed by atoms with van der Waals surface area (Å²) in [5, 5.41) is 0. The first kappa shape index (κ1) is 24.6. The van der Waals surface area contributed by atoms with Crippen molar-refractivity contribution in [1.82, 2.24) is 0 Å². The van der Waals surface area contributed by atoms with Gasteiger partial charge in [0.1, 0.15) is 6.04 Å². The Balaban J connectivity index is 1.82. The van der Waals surface area contributed by atoms with Gasteiger partial charge in [-0.1, -0.05) is 99.3 Å². The third kappa shape index (κ3) is 5.94. The van der Waals surface area contributed by atoms with Gasteiger partial charge in [0.25, 0.3) is 11.8 Å². The predicted molar refractivity (Wildman–Crippen MR) is 144 cm³/mol. The zero-order valence-electron chi connectivity index (χ0n) is 20.5. The molecule has 0 spiro atoms. The lowest BCUT2D eigenvalue weighted by molar-refractivity contribution is -0.120. The summed E-state index contributed by atoms with van der Waals surface area (Å²) in [6, 6.07) is 26.6. The Kier molecular flexibility index (Phi) is 8.61. The summed E-state index contributed by atoms with van der Waals surface area (Å²) in [6.45, 7) is 2.06. The molecule has 0 heterocycles. The first-order valence-corrected chi connectivity index (χ1v) is 12.8. The second-order valence-electron chi connectivity index (χ2n) is 9.20. The summed E-state index contributed by atoms with van der Waals surface area (Å²) in [6.07, 6.45) is 8.56. The van der Waals surface area contributed by atoms with Gasteiger partial charge in [0.2, 0.25) is 0 Å². The van der Waals surface area contributed by atoms with Crippen LogP contribution in [-0.4, -0.2) is 24.1 Å². The van der Waals surface area contributed by atoms with Crippen molar-refractivity contribution in [3.8, 4) is 11.1 Å². The first-order chi connectivity index (χ1) is 17.2. The van der Waals surface area contributed by atoms with Crippen molar-refractivity contribution in [2.45, 2.75) is 57.9 Å². The standard InChI is InChI=1S/C31H34N2O2/c1-2-3-23-32-30(34)29(25-17-9-5-10-18-25)33(26-19-11-6-12-20-26)31(35)28-22-14-13-21-27(28)24-15-7-4-8-16-24/h4,6-8,11-16,19-23,25,29H,2-3,5,9-10,17-18H2,1H3. The monoisotopic (exact) mass is 466 g/mol. The van der Waals surface area contributed by atoms with Crippen molar-refractivity contribution in [2.75, 3.05) is 4.90 Å². The van der Waals surface area contributed by atoms with Crippen molar-refractivity contribution in [3.05, 3.63) is 90.5 Å². The lowest BCUT2D eigenvalue weighted by Gasteiger charge is -2.37. The maximum absolute atomic E-state index is 14.4. The van der Waals surface area contributed by atoms with E-state index < -0.39 is 6.04 Å². The van der Waals surface area contributed by atoms with Gasteiger partial charge in [-0.3, -0.25) is 14.5 Å². The highest BCUT2D eigenvalue weighted by Crippen LogP contribution is 2.35. The molecular weight excluding hydrogens is 432 g/mol. The fourth-order valence-electron chi connectivity index (χ4n) is 4.99. The fraction of sp³-hybridized carbons (Fsp3) is 0.323. The molecule has 1 atom stereocenters. The lowest BCUT2D eigenvalue weighted by Crippen LogP contribution is -2.50. The SMILES string of the molecule is CCCC=NC(=O)C(C1CCCCC1)N(C(=O)c1ccccc1-c1ccccc1)c1ccccc1. The van der Waals surface area contributed by atoms with E-state index >= 15 is 0 Å². The van der Waals surface area contributed by atoms with Gasteiger partial charge in [-0.25, -0.2) is 4.99 Å². The van der Waals surface area contributed by atoms with Crippen LogP contribution in [0.3, 0.4) is 0 Å². The summed E-state index contributed by atoms with van der Waals surface area (Å²) in [5.41, 5.74) is 3.16. The molecule has 1 saturated carbocycles. The Bertz CT molecular complexity index is 1130. The normalized spacial score (nSPS) is 15.1. The van der Waals surface area contributed by atoms with Crippen LogP contribution in [0, 0.1) is 5.92 Å². The summed E-state index contributed by atoms with van der Waals surface area (Å²) < 4.78 is 0. The van der Waals surface area contributed by atoms with Gasteiger partial charge in [0.05, 0.1) is 0 Å². The average Bonchev–Trinajstić information content (AvgIpc) is 2.93. The smallest absolute Gasteiger partial charge is 0.268 e. The lowest BCUT2D eigenvalue weighted by atomic mass is 9.82. The Morgan fingerprint density at radius 3 is 2.20 bits per heavy atom. The highest BCUT2D eigenvalue weighted by molar-refractivity contribution is 6.13. The van der Waals surface area contributed by atoms with E-state index in [0.717, 1.165) is 55.3 Å². The predicted octanol–water partition coefficient (Wildman–Crippen LogP) is 7.35. The van der Waals surface area contributed by atoms with Crippen LogP contribution in [0.1, 0.15) is 62.2 Å². The second-order valence-corrected chi connectivity index (χ2v) is 9.20. The summed E-state index contributed by atoms with van der Waals surface area (Å²) in [7, 11) is 0. The molecule has 0 aliphatic heterocycles. The number of carbonyl (C=O) groups is 2. The molecule has 0 N–H and O–H groups in total. The molecular formula is C31H34N2O2. The van der Waals surface area contributed by atoms with Crippen molar-refractivity contribution in [2.24, 2.45) is 10.9 Å². The van der Waals surface area contributed by atoms with Gasteiger partial charge in [-0.2, -0.15) is 0 Å². The maximum Gasteiger partial charge on any atom is 0.268 e. The quantitative estimate of drug-likeness (QED) is 0.326. The molecule has 4 nitrogen and oxygen atoms in total. The number of anilines is 1. The van der Waals surface area contributed by atoms with Crippen molar-refractivity contribution in [3.63, 3.8) is 0 Å². The molecule has 3 aromatic carbocycles. The molecule has 3 aromatic rings. The molecule has 1 unspecified atom stereocenters. The summed E-state index contributed by atoms with van der Waals surface area (Å²) >= 11 is 0. The topological polar surface area (TPSA) is 49.7 Å². The van der Waals surface area contributed by atoms with Crippen LogP contribution in [0.2, 0.25) is 0 Å². The Hall–Kier alpha value is -3.53. The summed E-state index contributed by atoms with van der Waals surface area (Å²) in [4.78, 5) is 34.1. The van der Waals surface area contributed by atoms with Gasteiger partial charge < -0.3 is 0 Å². The number of amides is 2. The van der Waals surface area contributed by atoms with Crippen molar-refractivity contribution >= 4 is 23.7 Å². The van der Waals surface area contributed by atoms with Crippen molar-refractivity contribution < 1.29 is 9.59 Å². The zero-order valence-corrected chi connectivity index (χ0v) is 20.5. The third-order valence-corrected chi connectivity index (χ3v) is 6.76. The van der Waals surface area contributed by atoms with Gasteiger partial charge in [0.15, 0.2) is 0 Å². The third-order valence-electron chi connectivity index (χ3n) is 6.76. The Morgan fingerprint density at radius 1 is 0.886 bits per heavy atom. The van der Waals surface area contributed by atoms with Gasteiger partial charge >= 0.3 is 0 Å². The second kappa shape index (κ2) is 12.3. The number of hydrogen-bond acceptors (Lipinski definition) is 2. The van der Waals surface area contributed by atoms with Gasteiger partial charge in [-0.05, 0) is 54.5 Å². The van der Waals surface area contributed by atoms with E-state index in [1.807, 2.05) is 84.9 Å². The highest BCUT2D eigenvalue weighted by Gasteiger charge is 2.38. The van der Waals surface area contributed by atoms with E-state index in [9.17, 15) is 9.59 Å². The van der Waals surface area contributed by atoms with E-state index in [4.69, 9.17) is 0 Å². The van der Waals surface area contributed by atoms with Crippen LogP contribution in [-0.2, 0) is 4.79 Å². The van der Waals surface area contributed by atoms with Crippen LogP contribution in [0.4, 0.5) is 5.69 Å². The molecule has 1 fully saturated rings. The number of benzene rings is 3. The number of hydrogen-bond donors (Lipinski definition) is 0. The highest BCUT2D eigenvalue weighted by atomic mass is 16.2. The Labute approximate surface area is 208 Å². The molecule has 0 saturated heterocycles. The van der Waals surface area contributed by atoms with Gasteiger partial charge in [-0.15, -0.1) is 0 Å². The fourth-order valence-corrected chi connectivity index (χ4v) is 4.99. The number of aliphatic imine (C=N–C) groups is 1. The minimum absolute atomic E-state index is 0.0862. The number of nitrogens with zero attached hydrogens (tertiary/aromatic N) is 2. The molecule has 0 radical (unpaired) electrons.